The van der Waals surface area contributed by atoms with Crippen LogP contribution in [0.2, 0.25) is 0 Å². The fourth-order valence-corrected chi connectivity index (χ4v) is 7.19. The lowest BCUT2D eigenvalue weighted by molar-refractivity contribution is 0.708. The van der Waals surface area contributed by atoms with Gasteiger partial charge >= 0.3 is 0 Å². The number of rotatable bonds is 2. The van der Waals surface area contributed by atoms with Gasteiger partial charge in [-0.2, -0.15) is 0 Å². The number of thiophene rings is 1. The molecule has 1 atom stereocenters. The first-order valence-corrected chi connectivity index (χ1v) is 13.4. The first-order valence-electron chi connectivity index (χ1n) is 12.5. The van der Waals surface area contributed by atoms with Crippen LogP contribution in [0, 0.1) is 5.41 Å². The van der Waals surface area contributed by atoms with Gasteiger partial charge in [0, 0.05) is 32.6 Å². The molecule has 3 aliphatic carbocycles. The number of aliphatic imine (C=N–C) groups is 1. The van der Waals surface area contributed by atoms with Crippen molar-refractivity contribution >= 4 is 42.8 Å². The maximum atomic E-state index is 4.66. The number of hydrogen-bond donors (Lipinski definition) is 1. The largest absolute Gasteiger partial charge is 0.358 e. The third-order valence-corrected chi connectivity index (χ3v) is 8.96. The van der Waals surface area contributed by atoms with E-state index in [2.05, 4.69) is 126 Å². The Balaban J connectivity index is 1.27. The second-order valence-corrected chi connectivity index (χ2v) is 10.8. The first-order chi connectivity index (χ1) is 18.3. The molecule has 0 fully saturated rings. The summed E-state index contributed by atoms with van der Waals surface area (Å²) in [5, 5.41) is 6.14. The van der Waals surface area contributed by atoms with Crippen LogP contribution in [0.15, 0.2) is 150 Å². The number of fused-ring (bicyclic) bond motifs is 4. The molecule has 1 unspecified atom stereocenters. The zero-order valence-corrected chi connectivity index (χ0v) is 20.8. The number of allylic oxidation sites excluding steroid dienone is 11. The minimum absolute atomic E-state index is 0.259. The van der Waals surface area contributed by atoms with E-state index in [0.29, 0.717) is 0 Å². The summed E-state index contributed by atoms with van der Waals surface area (Å²) in [4.78, 5) is 4.66. The van der Waals surface area contributed by atoms with Crippen molar-refractivity contribution < 1.29 is 0 Å². The van der Waals surface area contributed by atoms with Crippen molar-refractivity contribution in [2.75, 3.05) is 0 Å². The highest BCUT2D eigenvalue weighted by molar-refractivity contribution is 7.26. The summed E-state index contributed by atoms with van der Waals surface area (Å²) in [6.45, 7) is 0. The molecule has 37 heavy (non-hydrogen) atoms. The van der Waals surface area contributed by atoms with Crippen LogP contribution >= 0.6 is 11.3 Å². The second-order valence-electron chi connectivity index (χ2n) is 9.74. The highest BCUT2D eigenvalue weighted by Crippen LogP contribution is 2.50. The molecule has 2 heterocycles. The van der Waals surface area contributed by atoms with Crippen molar-refractivity contribution in [1.29, 1.82) is 0 Å². The van der Waals surface area contributed by atoms with E-state index in [0.717, 1.165) is 11.4 Å². The molecule has 8 rings (SSSR count). The fraction of sp³-hybridized carbons (Fsp3) is 0.0294. The van der Waals surface area contributed by atoms with Gasteiger partial charge in [-0.15, -0.1) is 11.3 Å². The van der Waals surface area contributed by atoms with Crippen molar-refractivity contribution in [2.24, 2.45) is 10.4 Å². The van der Waals surface area contributed by atoms with Gasteiger partial charge < -0.3 is 5.32 Å². The molecular formula is C34H22N2S. The van der Waals surface area contributed by atoms with Gasteiger partial charge in [0.15, 0.2) is 0 Å². The van der Waals surface area contributed by atoms with Crippen molar-refractivity contribution in [2.45, 2.75) is 0 Å². The van der Waals surface area contributed by atoms with Gasteiger partial charge in [0.05, 0.1) is 16.8 Å². The Hall–Kier alpha value is -4.47. The molecule has 1 N–H and O–H groups in total. The van der Waals surface area contributed by atoms with Gasteiger partial charge in [-0.25, -0.2) is 0 Å². The zero-order chi connectivity index (χ0) is 24.4. The van der Waals surface area contributed by atoms with Crippen LogP contribution in [0.1, 0.15) is 5.56 Å². The van der Waals surface area contributed by atoms with E-state index in [4.69, 9.17) is 0 Å². The summed E-state index contributed by atoms with van der Waals surface area (Å²) >= 11 is 1.88. The van der Waals surface area contributed by atoms with Crippen LogP contribution in [0.3, 0.4) is 0 Å². The first kappa shape index (κ1) is 20.7. The Bertz CT molecular complexity index is 1900. The molecule has 174 valence electrons. The molecule has 4 aromatic rings. The molecule has 0 bridgehead atoms. The third-order valence-electron chi connectivity index (χ3n) is 7.74. The Kier molecular flexibility index (Phi) is 4.34. The van der Waals surface area contributed by atoms with Gasteiger partial charge in [0.2, 0.25) is 0 Å². The average Bonchev–Trinajstić information content (AvgIpc) is 3.34. The highest BCUT2D eigenvalue weighted by Gasteiger charge is 2.40. The number of nitrogens with zero attached hydrogens (tertiary/aromatic N) is 1. The maximum Gasteiger partial charge on any atom is 0.0871 e. The lowest BCUT2D eigenvalue weighted by Gasteiger charge is -2.40. The van der Waals surface area contributed by atoms with Crippen LogP contribution in [-0.2, 0) is 0 Å². The normalized spacial score (nSPS) is 21.2. The summed E-state index contributed by atoms with van der Waals surface area (Å²) in [6, 6.07) is 24.3. The van der Waals surface area contributed by atoms with E-state index in [1.807, 2.05) is 23.7 Å². The predicted molar refractivity (Wildman–Crippen MR) is 157 cm³/mol. The standard InChI is InChI=1S/C34H22N2S/c1-2-13-31-27(10-1)28-12-6-11-26(33(28)37-31)24-8-5-7-22(19-24)23-14-16-34-15-4-3-9-25(34)21-30-32(29(34)20-23)36-18-17-35-30/h1-21,36H. The van der Waals surface area contributed by atoms with E-state index in [-0.39, 0.29) is 5.41 Å². The molecule has 1 aliphatic heterocycles. The smallest absolute Gasteiger partial charge is 0.0871 e. The van der Waals surface area contributed by atoms with Crippen LogP contribution in [-0.4, -0.2) is 5.71 Å². The highest BCUT2D eigenvalue weighted by atomic mass is 32.1. The van der Waals surface area contributed by atoms with E-state index in [1.54, 1.807) is 0 Å². The molecule has 0 amide bonds. The molecule has 1 aromatic heterocycles. The lowest BCUT2D eigenvalue weighted by atomic mass is 9.64. The maximum absolute atomic E-state index is 4.66. The zero-order valence-electron chi connectivity index (χ0n) is 20.0. The molecule has 0 saturated carbocycles. The van der Waals surface area contributed by atoms with Crippen molar-refractivity contribution in [3.63, 3.8) is 0 Å². The van der Waals surface area contributed by atoms with E-state index in [1.165, 1.54) is 53.6 Å². The SMILES string of the molecule is C1=CC2=CC3=NC=CNC3=C3C=C(c4cccc(-c5cccc6c5sc5ccccc56)c4)C=CC23C=C1. The van der Waals surface area contributed by atoms with E-state index >= 15 is 0 Å². The van der Waals surface area contributed by atoms with Gasteiger partial charge in [0.25, 0.3) is 0 Å². The summed E-state index contributed by atoms with van der Waals surface area (Å²) in [5.41, 5.74) is 9.25. The molecule has 0 radical (unpaired) electrons. The Morgan fingerprint density at radius 2 is 1.68 bits per heavy atom. The van der Waals surface area contributed by atoms with Crippen molar-refractivity contribution in [3.8, 4) is 11.1 Å². The summed E-state index contributed by atoms with van der Waals surface area (Å²) in [7, 11) is 0. The number of benzene rings is 3. The monoisotopic (exact) mass is 490 g/mol. The van der Waals surface area contributed by atoms with Crippen LogP contribution in [0.5, 0.6) is 0 Å². The summed E-state index contributed by atoms with van der Waals surface area (Å²) in [5.74, 6) is 0. The van der Waals surface area contributed by atoms with Gasteiger partial charge in [-0.3, -0.25) is 4.99 Å². The molecule has 0 saturated heterocycles. The predicted octanol–water partition coefficient (Wildman–Crippen LogP) is 8.50. The lowest BCUT2D eigenvalue weighted by Crippen LogP contribution is -2.34. The fourth-order valence-electron chi connectivity index (χ4n) is 5.95. The number of hydrogen-bond acceptors (Lipinski definition) is 3. The Morgan fingerprint density at radius 1 is 0.784 bits per heavy atom. The topological polar surface area (TPSA) is 24.4 Å². The minimum Gasteiger partial charge on any atom is -0.358 e. The van der Waals surface area contributed by atoms with Gasteiger partial charge in [0.1, 0.15) is 0 Å². The molecule has 3 heteroatoms. The van der Waals surface area contributed by atoms with Crippen molar-refractivity contribution in [3.05, 3.63) is 150 Å². The number of nitrogens with one attached hydrogen (secondary N) is 1. The van der Waals surface area contributed by atoms with Gasteiger partial charge in [-0.1, -0.05) is 91.1 Å². The second kappa shape index (κ2) is 7.76. The molecule has 4 aliphatic rings. The van der Waals surface area contributed by atoms with Crippen LogP contribution < -0.4 is 5.32 Å². The van der Waals surface area contributed by atoms with Crippen LogP contribution in [0.25, 0.3) is 36.9 Å². The van der Waals surface area contributed by atoms with Crippen molar-refractivity contribution in [1.82, 2.24) is 5.32 Å². The molecule has 1 spiro atoms. The van der Waals surface area contributed by atoms with Crippen LogP contribution in [0.4, 0.5) is 0 Å². The third kappa shape index (κ3) is 3.01. The Morgan fingerprint density at radius 3 is 2.68 bits per heavy atom. The Labute approximate surface area is 219 Å². The summed E-state index contributed by atoms with van der Waals surface area (Å²) < 4.78 is 2.68. The van der Waals surface area contributed by atoms with E-state index < -0.39 is 0 Å². The molecule has 2 nitrogen and oxygen atoms in total. The molecule has 3 aromatic carbocycles. The quantitative estimate of drug-likeness (QED) is 0.299. The van der Waals surface area contributed by atoms with E-state index in [9.17, 15) is 0 Å². The van der Waals surface area contributed by atoms with Gasteiger partial charge in [-0.05, 0) is 57.7 Å². The molecular weight excluding hydrogens is 468 g/mol. The summed E-state index contributed by atoms with van der Waals surface area (Å²) in [6.07, 6.45) is 21.6. The minimum atomic E-state index is -0.259. The average molecular weight is 491 g/mol.